The maximum Gasteiger partial charge on any atom is 0.234 e. The van der Waals surface area contributed by atoms with Crippen molar-refractivity contribution in [2.24, 2.45) is 17.8 Å². The Morgan fingerprint density at radius 3 is 2.54 bits per heavy atom. The number of amides is 2. The fourth-order valence-electron chi connectivity index (χ4n) is 5.33. The first kappa shape index (κ1) is 14.8. The molecule has 4 fully saturated rings. The minimum Gasteiger partial charge on any atom is -0.390 e. The molecular formula is C18H21NO5. The van der Waals surface area contributed by atoms with Crippen molar-refractivity contribution in [1.82, 2.24) is 4.90 Å². The summed E-state index contributed by atoms with van der Waals surface area (Å²) in [6, 6.07) is -0.00541. The van der Waals surface area contributed by atoms with E-state index in [-0.39, 0.29) is 23.6 Å². The number of hydrogen-bond acceptors (Lipinski definition) is 5. The van der Waals surface area contributed by atoms with Crippen molar-refractivity contribution in [1.29, 1.82) is 0 Å². The molecule has 0 radical (unpaired) electrons. The van der Waals surface area contributed by atoms with Crippen molar-refractivity contribution >= 4 is 17.6 Å². The number of aliphatic hydroxyl groups excluding tert-OH is 1. The number of epoxide rings is 1. The molecule has 6 atom stereocenters. The molecular weight excluding hydrogens is 310 g/mol. The summed E-state index contributed by atoms with van der Waals surface area (Å²) in [6.07, 6.45) is 5.27. The Hall–Kier alpha value is -1.53. The summed E-state index contributed by atoms with van der Waals surface area (Å²) >= 11 is 0. The third-order valence-corrected chi connectivity index (χ3v) is 6.56. The lowest BCUT2D eigenvalue weighted by Gasteiger charge is -2.35. The molecule has 0 aromatic rings. The fourth-order valence-corrected chi connectivity index (χ4v) is 5.33. The van der Waals surface area contributed by atoms with E-state index in [4.69, 9.17) is 4.74 Å². The van der Waals surface area contributed by atoms with Crippen LogP contribution in [-0.4, -0.2) is 52.0 Å². The van der Waals surface area contributed by atoms with Gasteiger partial charge in [0.05, 0.1) is 17.9 Å². The van der Waals surface area contributed by atoms with E-state index in [1.165, 1.54) is 4.90 Å². The molecule has 2 saturated carbocycles. The van der Waals surface area contributed by atoms with Crippen molar-refractivity contribution in [2.45, 2.75) is 62.9 Å². The second-order valence-electron chi connectivity index (χ2n) is 7.77. The highest BCUT2D eigenvalue weighted by Gasteiger charge is 2.65. The predicted molar refractivity (Wildman–Crippen MR) is 81.6 cm³/mol. The minimum atomic E-state index is -0.866. The van der Waals surface area contributed by atoms with Crippen LogP contribution in [0.1, 0.15) is 38.5 Å². The van der Waals surface area contributed by atoms with Crippen molar-refractivity contribution in [3.05, 3.63) is 11.6 Å². The Morgan fingerprint density at radius 1 is 1.04 bits per heavy atom. The Morgan fingerprint density at radius 2 is 1.79 bits per heavy atom. The molecule has 3 aliphatic carbocycles. The monoisotopic (exact) mass is 331 g/mol. The first-order valence-corrected chi connectivity index (χ1v) is 9.04. The van der Waals surface area contributed by atoms with E-state index in [0.717, 1.165) is 32.1 Å². The van der Waals surface area contributed by atoms with Crippen LogP contribution in [0.4, 0.5) is 0 Å². The number of Topliss-reactive ketones (excluding diaryl/α,β-unsaturated/α-hetero) is 1. The van der Waals surface area contributed by atoms with Gasteiger partial charge in [0.15, 0.2) is 5.78 Å². The van der Waals surface area contributed by atoms with Crippen molar-refractivity contribution in [3.63, 3.8) is 0 Å². The molecule has 2 heterocycles. The molecule has 0 bridgehead atoms. The number of allylic oxidation sites excluding steroid dienone is 1. The van der Waals surface area contributed by atoms with Gasteiger partial charge in [0.25, 0.3) is 0 Å². The van der Waals surface area contributed by atoms with Crippen LogP contribution in [0.25, 0.3) is 0 Å². The molecule has 2 aliphatic heterocycles. The first-order chi connectivity index (χ1) is 11.6. The molecule has 0 aromatic carbocycles. The summed E-state index contributed by atoms with van der Waals surface area (Å²) in [4.78, 5) is 39.8. The average Bonchev–Trinajstić information content (AvgIpc) is 3.36. The van der Waals surface area contributed by atoms with Gasteiger partial charge in [0.1, 0.15) is 12.2 Å². The van der Waals surface area contributed by atoms with Crippen LogP contribution in [0.3, 0.4) is 0 Å². The summed E-state index contributed by atoms with van der Waals surface area (Å²) < 4.78 is 5.30. The maximum atomic E-state index is 13.1. The van der Waals surface area contributed by atoms with Gasteiger partial charge in [-0.15, -0.1) is 0 Å². The number of imide groups is 1. The van der Waals surface area contributed by atoms with Gasteiger partial charge in [-0.2, -0.15) is 0 Å². The van der Waals surface area contributed by atoms with Gasteiger partial charge in [0, 0.05) is 17.5 Å². The second-order valence-corrected chi connectivity index (χ2v) is 7.77. The molecule has 6 heteroatoms. The molecule has 0 aromatic heterocycles. The van der Waals surface area contributed by atoms with Crippen LogP contribution in [0.15, 0.2) is 11.6 Å². The standard InChI is InChI=1S/C18H21NO5/c20-13-9-6-7-10-12(11(9)14(21)16-15(13)24-16)18(23)19(17(10)22)8-4-2-1-3-5-8/h6,8,10-12,14-16,21H,1-5,7H2/t10-,11-,12+,14+,15-,16+/m1/s1. The van der Waals surface area contributed by atoms with E-state index in [1.54, 1.807) is 6.08 Å². The van der Waals surface area contributed by atoms with Gasteiger partial charge in [-0.25, -0.2) is 0 Å². The topological polar surface area (TPSA) is 87.2 Å². The van der Waals surface area contributed by atoms with E-state index in [1.807, 2.05) is 0 Å². The Bertz CT molecular complexity index is 664. The lowest BCUT2D eigenvalue weighted by Crippen LogP contribution is -2.48. The molecule has 2 amide bonds. The highest BCUT2D eigenvalue weighted by molar-refractivity contribution is 6.09. The molecule has 128 valence electrons. The van der Waals surface area contributed by atoms with E-state index in [9.17, 15) is 19.5 Å². The van der Waals surface area contributed by atoms with Crippen molar-refractivity contribution in [3.8, 4) is 0 Å². The lowest BCUT2D eigenvalue weighted by molar-refractivity contribution is -0.143. The van der Waals surface area contributed by atoms with Crippen molar-refractivity contribution < 1.29 is 24.2 Å². The van der Waals surface area contributed by atoms with E-state index >= 15 is 0 Å². The highest BCUT2D eigenvalue weighted by atomic mass is 16.6. The van der Waals surface area contributed by atoms with E-state index in [0.29, 0.717) is 12.0 Å². The van der Waals surface area contributed by atoms with Crippen LogP contribution in [0, 0.1) is 17.8 Å². The molecule has 2 saturated heterocycles. The van der Waals surface area contributed by atoms with Gasteiger partial charge in [0.2, 0.25) is 11.8 Å². The van der Waals surface area contributed by atoms with Crippen LogP contribution < -0.4 is 0 Å². The SMILES string of the molecule is O=C1C2=CC[C@H]3C(=O)N(C4CCCCC4)C(=O)[C@@H]3[C@@H]2[C@H](O)[C@@H]2O[C@H]12. The Labute approximate surface area is 139 Å². The zero-order valence-electron chi connectivity index (χ0n) is 13.4. The maximum absolute atomic E-state index is 13.1. The highest BCUT2D eigenvalue weighted by Crippen LogP contribution is 2.51. The van der Waals surface area contributed by atoms with Gasteiger partial charge >= 0.3 is 0 Å². The summed E-state index contributed by atoms with van der Waals surface area (Å²) in [5.74, 6) is -1.99. The van der Waals surface area contributed by atoms with Gasteiger partial charge in [-0.1, -0.05) is 25.3 Å². The number of hydrogen-bond donors (Lipinski definition) is 1. The molecule has 1 N–H and O–H groups in total. The Balaban J connectivity index is 1.50. The summed E-state index contributed by atoms with van der Waals surface area (Å²) in [7, 11) is 0. The Kier molecular flexibility index (Phi) is 3.07. The van der Waals surface area contributed by atoms with Crippen LogP contribution in [0.2, 0.25) is 0 Å². The van der Waals surface area contributed by atoms with Crippen molar-refractivity contribution in [2.75, 3.05) is 0 Å². The van der Waals surface area contributed by atoms with Gasteiger partial charge in [-0.3, -0.25) is 19.3 Å². The fraction of sp³-hybridized carbons (Fsp3) is 0.722. The average molecular weight is 331 g/mol. The number of fused-ring (bicyclic) bond motifs is 4. The quantitative estimate of drug-likeness (QED) is 0.561. The number of ketones is 1. The summed E-state index contributed by atoms with van der Waals surface area (Å²) in [6.45, 7) is 0. The normalized spacial score (nSPS) is 44.8. The molecule has 0 spiro atoms. The molecule has 5 aliphatic rings. The molecule has 6 nitrogen and oxygen atoms in total. The number of rotatable bonds is 1. The molecule has 24 heavy (non-hydrogen) atoms. The van der Waals surface area contributed by atoms with Crippen LogP contribution >= 0.6 is 0 Å². The van der Waals surface area contributed by atoms with Gasteiger partial charge in [-0.05, 0) is 19.3 Å². The molecule has 0 unspecified atom stereocenters. The zero-order valence-corrected chi connectivity index (χ0v) is 13.4. The number of carbonyl (C=O) groups is 3. The number of nitrogens with zero attached hydrogens (tertiary/aromatic N) is 1. The smallest absolute Gasteiger partial charge is 0.234 e. The lowest BCUT2D eigenvalue weighted by atomic mass is 9.66. The van der Waals surface area contributed by atoms with Gasteiger partial charge < -0.3 is 9.84 Å². The second kappa shape index (κ2) is 4.99. The summed E-state index contributed by atoms with van der Waals surface area (Å²) in [5.41, 5.74) is 0.508. The number of carbonyl (C=O) groups excluding carboxylic acids is 3. The predicted octanol–water partition coefficient (Wildman–Crippen LogP) is 0.578. The van der Waals surface area contributed by atoms with E-state index in [2.05, 4.69) is 0 Å². The molecule has 5 rings (SSSR count). The third-order valence-electron chi connectivity index (χ3n) is 6.56. The van der Waals surface area contributed by atoms with Crippen LogP contribution in [0.5, 0.6) is 0 Å². The first-order valence-electron chi connectivity index (χ1n) is 9.04. The number of ether oxygens (including phenoxy) is 1. The zero-order chi connectivity index (χ0) is 16.6. The van der Waals surface area contributed by atoms with E-state index < -0.39 is 36.1 Å². The third kappa shape index (κ3) is 1.81. The number of likely N-dealkylation sites (tertiary alicyclic amines) is 1. The largest absolute Gasteiger partial charge is 0.390 e. The number of aliphatic hydroxyl groups is 1. The summed E-state index contributed by atoms with van der Waals surface area (Å²) in [5, 5.41) is 10.6. The minimum absolute atomic E-state index is 0.00541. The van der Waals surface area contributed by atoms with Crippen LogP contribution in [-0.2, 0) is 19.1 Å².